The molecule has 1 aromatic carbocycles. The van der Waals surface area contributed by atoms with E-state index in [2.05, 4.69) is 5.32 Å². The van der Waals surface area contributed by atoms with Crippen LogP contribution in [0.4, 0.5) is 10.1 Å². The molecule has 1 unspecified atom stereocenters. The normalized spacial score (nSPS) is 12.3. The Labute approximate surface area is 97.8 Å². The van der Waals surface area contributed by atoms with Crippen LogP contribution >= 0.6 is 11.6 Å². The highest BCUT2D eigenvalue weighted by Crippen LogP contribution is 2.08. The van der Waals surface area contributed by atoms with Crippen LogP contribution in [0, 0.1) is 5.82 Å². The molecule has 0 heterocycles. The summed E-state index contributed by atoms with van der Waals surface area (Å²) in [5.74, 6) is -0.522. The molecule has 0 amide bonds. The Morgan fingerprint density at radius 2 is 2.06 bits per heavy atom. The molecule has 0 aromatic heterocycles. The van der Waals surface area contributed by atoms with Crippen LogP contribution in [0.1, 0.15) is 0 Å². The molecule has 0 aliphatic rings. The minimum Gasteiger partial charge on any atom is -0.423 e. The molecule has 0 aliphatic carbocycles. The number of anilines is 1. The largest absolute Gasteiger partial charge is 0.488 e. The van der Waals surface area contributed by atoms with Crippen LogP contribution in [-0.4, -0.2) is 40.8 Å². The van der Waals surface area contributed by atoms with E-state index in [-0.39, 0.29) is 17.9 Å². The fourth-order valence-electron chi connectivity index (χ4n) is 1.15. The van der Waals surface area contributed by atoms with Crippen LogP contribution in [-0.2, 0) is 0 Å². The monoisotopic (exact) mass is 247 g/mol. The molecule has 0 fully saturated rings. The molecule has 0 aliphatic heterocycles. The number of halogens is 2. The molecular weight excluding hydrogens is 235 g/mol. The highest BCUT2D eigenvalue weighted by Gasteiger charge is 2.13. The zero-order valence-electron chi connectivity index (χ0n) is 8.40. The summed E-state index contributed by atoms with van der Waals surface area (Å²) in [6.45, 7) is 0.161. The third kappa shape index (κ3) is 3.98. The maximum atomic E-state index is 13.0. The van der Waals surface area contributed by atoms with E-state index in [1.54, 1.807) is 0 Å². The van der Waals surface area contributed by atoms with Gasteiger partial charge in [-0.1, -0.05) is 0 Å². The molecule has 0 spiro atoms. The summed E-state index contributed by atoms with van der Waals surface area (Å²) in [4.78, 5) is 0. The summed E-state index contributed by atoms with van der Waals surface area (Å²) in [7, 11) is -1.73. The van der Waals surface area contributed by atoms with E-state index < -0.39 is 19.0 Å². The van der Waals surface area contributed by atoms with Crippen LogP contribution in [0.25, 0.3) is 0 Å². The summed E-state index contributed by atoms with van der Waals surface area (Å²) >= 11 is 5.39. The lowest BCUT2D eigenvalue weighted by Gasteiger charge is -2.11. The maximum absolute atomic E-state index is 13.0. The number of hydrogen-bond acceptors (Lipinski definition) is 4. The lowest BCUT2D eigenvalue weighted by Crippen LogP contribution is -2.30. The summed E-state index contributed by atoms with van der Waals surface area (Å²) in [5.41, 5.74) is 0.398. The fraction of sp³-hybridized carbons (Fsp3) is 0.333. The number of nitrogens with one attached hydrogen (secondary N) is 1. The Bertz CT molecular complexity index is 354. The molecule has 0 bridgehead atoms. The van der Waals surface area contributed by atoms with Gasteiger partial charge in [0.2, 0.25) is 0 Å². The molecule has 1 atom stereocenters. The first kappa shape index (κ1) is 13.3. The third-order valence-electron chi connectivity index (χ3n) is 1.94. The van der Waals surface area contributed by atoms with Crippen molar-refractivity contribution in [2.45, 2.75) is 6.10 Å². The smallest absolute Gasteiger partial charge is 0.423 e. The van der Waals surface area contributed by atoms with Crippen LogP contribution in [0.5, 0.6) is 0 Å². The van der Waals surface area contributed by atoms with Gasteiger partial charge in [0.25, 0.3) is 0 Å². The van der Waals surface area contributed by atoms with E-state index in [4.69, 9.17) is 21.6 Å². The van der Waals surface area contributed by atoms with Crippen molar-refractivity contribution in [3.63, 3.8) is 0 Å². The average Bonchev–Trinajstić information content (AvgIpc) is 2.25. The van der Waals surface area contributed by atoms with Crippen molar-refractivity contribution in [3.05, 3.63) is 24.0 Å². The lowest BCUT2D eigenvalue weighted by atomic mass is 9.80. The van der Waals surface area contributed by atoms with Gasteiger partial charge in [0, 0.05) is 12.2 Å². The van der Waals surface area contributed by atoms with Gasteiger partial charge in [-0.2, -0.15) is 0 Å². The minimum absolute atomic E-state index is 0.0443. The summed E-state index contributed by atoms with van der Waals surface area (Å²) in [5, 5.41) is 29.7. The van der Waals surface area contributed by atoms with E-state index in [1.165, 1.54) is 12.1 Å². The first-order chi connectivity index (χ1) is 7.52. The van der Waals surface area contributed by atoms with Crippen LogP contribution < -0.4 is 10.8 Å². The van der Waals surface area contributed by atoms with Gasteiger partial charge in [0.15, 0.2) is 0 Å². The Balaban J connectivity index is 2.72. The highest BCUT2D eigenvalue weighted by atomic mass is 35.5. The van der Waals surface area contributed by atoms with Gasteiger partial charge in [0.1, 0.15) is 5.82 Å². The number of benzene rings is 1. The van der Waals surface area contributed by atoms with Crippen LogP contribution in [0.2, 0.25) is 0 Å². The zero-order valence-corrected chi connectivity index (χ0v) is 9.15. The van der Waals surface area contributed by atoms with E-state index in [1.807, 2.05) is 0 Å². The maximum Gasteiger partial charge on any atom is 0.488 e. The van der Waals surface area contributed by atoms with E-state index in [0.29, 0.717) is 5.69 Å². The van der Waals surface area contributed by atoms with Crippen LogP contribution in [0.3, 0.4) is 0 Å². The van der Waals surface area contributed by atoms with Gasteiger partial charge in [-0.15, -0.1) is 11.6 Å². The zero-order chi connectivity index (χ0) is 12.1. The summed E-state index contributed by atoms with van der Waals surface area (Å²) < 4.78 is 13.0. The van der Waals surface area contributed by atoms with Crippen molar-refractivity contribution in [1.82, 2.24) is 0 Å². The van der Waals surface area contributed by atoms with Crippen molar-refractivity contribution in [2.75, 3.05) is 17.7 Å². The molecule has 0 saturated heterocycles. The van der Waals surface area contributed by atoms with Gasteiger partial charge < -0.3 is 20.5 Å². The lowest BCUT2D eigenvalue weighted by molar-refractivity contribution is 0.211. The quantitative estimate of drug-likeness (QED) is 0.419. The molecule has 7 heteroatoms. The Hall–Kier alpha value is -0.815. The van der Waals surface area contributed by atoms with Crippen molar-refractivity contribution in [3.8, 4) is 0 Å². The van der Waals surface area contributed by atoms with E-state index in [9.17, 15) is 9.50 Å². The molecular formula is C9H12BClFNO3. The van der Waals surface area contributed by atoms with Gasteiger partial charge in [-0.25, -0.2) is 4.39 Å². The number of hydrogen-bond donors (Lipinski definition) is 4. The van der Waals surface area contributed by atoms with E-state index >= 15 is 0 Å². The Kier molecular flexibility index (Phi) is 5.01. The fourth-order valence-corrected chi connectivity index (χ4v) is 1.26. The van der Waals surface area contributed by atoms with Gasteiger partial charge in [0.05, 0.1) is 12.0 Å². The number of aliphatic hydroxyl groups excluding tert-OH is 1. The average molecular weight is 247 g/mol. The second-order valence-corrected chi connectivity index (χ2v) is 3.64. The standard InChI is InChI=1S/C9H12BClFNO3/c11-4-9(14)5-13-8-2-6(10(15)16)1-7(12)3-8/h1-3,9,13-16H,4-5H2. The van der Waals surface area contributed by atoms with Crippen molar-refractivity contribution < 1.29 is 19.5 Å². The molecule has 4 nitrogen and oxygen atoms in total. The molecule has 88 valence electrons. The SMILES string of the molecule is OB(O)c1cc(F)cc(NCC(O)CCl)c1. The van der Waals surface area contributed by atoms with Crippen molar-refractivity contribution in [2.24, 2.45) is 0 Å². The predicted molar refractivity (Wildman–Crippen MR) is 61.4 cm³/mol. The highest BCUT2D eigenvalue weighted by molar-refractivity contribution is 6.58. The van der Waals surface area contributed by atoms with E-state index in [0.717, 1.165) is 6.07 Å². The molecule has 1 rings (SSSR count). The Morgan fingerprint density at radius 3 is 2.62 bits per heavy atom. The molecule has 0 saturated carbocycles. The third-order valence-corrected chi connectivity index (χ3v) is 2.29. The first-order valence-electron chi connectivity index (χ1n) is 4.67. The summed E-state index contributed by atoms with van der Waals surface area (Å²) in [6, 6.07) is 3.59. The molecule has 4 N–H and O–H groups in total. The van der Waals surface area contributed by atoms with Crippen LogP contribution in [0.15, 0.2) is 18.2 Å². The van der Waals surface area contributed by atoms with Gasteiger partial charge in [-0.3, -0.25) is 0 Å². The molecule has 1 aromatic rings. The van der Waals surface area contributed by atoms with Crippen molar-refractivity contribution >= 4 is 29.9 Å². The predicted octanol–water partition coefficient (Wildman–Crippen LogP) is -0.483. The van der Waals surface area contributed by atoms with Crippen molar-refractivity contribution in [1.29, 1.82) is 0 Å². The number of rotatable bonds is 5. The first-order valence-corrected chi connectivity index (χ1v) is 5.21. The number of aliphatic hydroxyl groups is 1. The molecule has 16 heavy (non-hydrogen) atoms. The summed E-state index contributed by atoms with van der Waals surface area (Å²) in [6.07, 6.45) is -0.743. The number of alkyl halides is 1. The topological polar surface area (TPSA) is 72.7 Å². The van der Waals surface area contributed by atoms with Gasteiger partial charge in [-0.05, 0) is 23.7 Å². The molecule has 0 radical (unpaired) electrons. The minimum atomic E-state index is -1.73. The Morgan fingerprint density at radius 1 is 1.38 bits per heavy atom. The second-order valence-electron chi connectivity index (χ2n) is 3.34. The van der Waals surface area contributed by atoms with Gasteiger partial charge >= 0.3 is 7.12 Å². The second kappa shape index (κ2) is 6.05.